The molecule has 2 heterocycles. The third kappa shape index (κ3) is 2.80. The monoisotopic (exact) mass is 366 g/mol. The van der Waals surface area contributed by atoms with Gasteiger partial charge in [-0.05, 0) is 28.1 Å². The Morgan fingerprint density at radius 1 is 1.15 bits per heavy atom. The predicted octanol–water partition coefficient (Wildman–Crippen LogP) is 3.90. The minimum Gasteiger partial charge on any atom is -0.508 e. The molecule has 8 heteroatoms. The highest BCUT2D eigenvalue weighted by molar-refractivity contribution is 7.13. The summed E-state index contributed by atoms with van der Waals surface area (Å²) in [6.45, 7) is 0. The predicted molar refractivity (Wildman–Crippen MR) is 101 cm³/mol. The van der Waals surface area contributed by atoms with E-state index in [4.69, 9.17) is 0 Å². The van der Waals surface area contributed by atoms with E-state index in [1.54, 1.807) is 23.2 Å². The second kappa shape index (κ2) is 6.57. The Bertz CT molecular complexity index is 1040. The average molecular weight is 366 g/mol. The maximum absolute atomic E-state index is 11.7. The zero-order chi connectivity index (χ0) is 18.1. The topological polar surface area (TPSA) is 98.1 Å². The highest BCUT2D eigenvalue weighted by Crippen LogP contribution is 2.42. The molecule has 1 aliphatic heterocycles. The number of hydrazone groups is 1. The lowest BCUT2D eigenvalue weighted by Crippen LogP contribution is -2.19. The summed E-state index contributed by atoms with van der Waals surface area (Å²) in [6.07, 6.45) is 0.512. The van der Waals surface area contributed by atoms with E-state index >= 15 is 0 Å². The normalized spacial score (nSPS) is 16.5. The van der Waals surface area contributed by atoms with Crippen LogP contribution >= 0.6 is 11.3 Å². The van der Waals surface area contributed by atoms with E-state index in [9.17, 15) is 14.8 Å². The Kier molecular flexibility index (Phi) is 4.10. The Morgan fingerprint density at radius 2 is 1.88 bits per heavy atom. The standard InChI is InChI=1S/C18H14N4O3S/c23-15-9-5-4-8-12(15)14-10-13(11-6-2-1-3-7-11)20-22(14)16-17(21-25)26-18(24)19-16/h1-9,14,23H,10H2,(H,19,24). The van der Waals surface area contributed by atoms with Gasteiger partial charge in [0.1, 0.15) is 5.75 Å². The van der Waals surface area contributed by atoms with Gasteiger partial charge in [0.15, 0.2) is 5.82 Å². The van der Waals surface area contributed by atoms with Gasteiger partial charge in [0.2, 0.25) is 5.00 Å². The van der Waals surface area contributed by atoms with E-state index in [2.05, 4.69) is 15.3 Å². The zero-order valence-electron chi connectivity index (χ0n) is 13.5. The van der Waals surface area contributed by atoms with Crippen molar-refractivity contribution in [2.24, 2.45) is 10.3 Å². The van der Waals surface area contributed by atoms with E-state index in [-0.39, 0.29) is 27.5 Å². The lowest BCUT2D eigenvalue weighted by molar-refractivity contribution is 0.461. The van der Waals surface area contributed by atoms with Crippen molar-refractivity contribution in [3.63, 3.8) is 0 Å². The van der Waals surface area contributed by atoms with Crippen LogP contribution in [0.2, 0.25) is 0 Å². The first-order valence-electron chi connectivity index (χ1n) is 7.94. The number of nitrogens with zero attached hydrogens (tertiary/aromatic N) is 3. The first kappa shape index (κ1) is 16.2. The molecule has 1 aliphatic rings. The number of thiazole rings is 1. The molecule has 2 N–H and O–H groups in total. The number of nitroso groups, excluding NO2 is 1. The van der Waals surface area contributed by atoms with Crippen molar-refractivity contribution in [1.82, 2.24) is 4.98 Å². The number of aromatic amines is 1. The number of rotatable bonds is 4. The third-order valence-electron chi connectivity index (χ3n) is 4.24. The van der Waals surface area contributed by atoms with Gasteiger partial charge >= 0.3 is 4.87 Å². The molecule has 7 nitrogen and oxygen atoms in total. The van der Waals surface area contributed by atoms with Gasteiger partial charge in [-0.2, -0.15) is 5.10 Å². The number of benzene rings is 2. The van der Waals surface area contributed by atoms with Crippen molar-refractivity contribution >= 4 is 27.9 Å². The molecule has 0 bridgehead atoms. The number of aromatic nitrogens is 1. The molecule has 26 heavy (non-hydrogen) atoms. The largest absolute Gasteiger partial charge is 0.508 e. The maximum Gasteiger partial charge on any atom is 0.308 e. The van der Waals surface area contributed by atoms with Crippen LogP contribution in [0.3, 0.4) is 0 Å². The highest BCUT2D eigenvalue weighted by Gasteiger charge is 2.34. The smallest absolute Gasteiger partial charge is 0.308 e. The summed E-state index contributed by atoms with van der Waals surface area (Å²) < 4.78 is 0. The van der Waals surface area contributed by atoms with Crippen LogP contribution in [-0.4, -0.2) is 15.8 Å². The van der Waals surface area contributed by atoms with Crippen molar-refractivity contribution in [2.75, 3.05) is 5.01 Å². The number of para-hydroxylation sites is 1. The average Bonchev–Trinajstić information content (AvgIpc) is 3.26. The Labute approximate surface area is 152 Å². The fraction of sp³-hybridized carbons (Fsp3) is 0.111. The summed E-state index contributed by atoms with van der Waals surface area (Å²) in [7, 11) is 0. The van der Waals surface area contributed by atoms with Crippen LogP contribution in [0, 0.1) is 4.91 Å². The zero-order valence-corrected chi connectivity index (χ0v) is 14.3. The highest BCUT2D eigenvalue weighted by atomic mass is 32.1. The summed E-state index contributed by atoms with van der Waals surface area (Å²) in [5, 5.41) is 19.5. The second-order valence-electron chi connectivity index (χ2n) is 5.80. The van der Waals surface area contributed by atoms with E-state index in [0.29, 0.717) is 12.0 Å². The molecular weight excluding hydrogens is 352 g/mol. The molecule has 3 aromatic rings. The van der Waals surface area contributed by atoms with E-state index in [0.717, 1.165) is 22.6 Å². The van der Waals surface area contributed by atoms with Gasteiger partial charge in [-0.15, -0.1) is 4.91 Å². The summed E-state index contributed by atoms with van der Waals surface area (Å²) in [4.78, 5) is 25.1. The molecule has 0 saturated heterocycles. The number of nitrogens with one attached hydrogen (secondary N) is 1. The van der Waals surface area contributed by atoms with Crippen molar-refractivity contribution in [3.8, 4) is 5.75 Å². The molecule has 4 rings (SSSR count). The molecule has 1 atom stereocenters. The molecule has 1 aromatic heterocycles. The molecule has 0 spiro atoms. The minimum atomic E-state index is -0.381. The van der Waals surface area contributed by atoms with Crippen LogP contribution in [0.25, 0.3) is 0 Å². The van der Waals surface area contributed by atoms with E-state index < -0.39 is 0 Å². The number of anilines is 1. The fourth-order valence-electron chi connectivity index (χ4n) is 3.06. The van der Waals surface area contributed by atoms with Crippen LogP contribution in [0.15, 0.2) is 69.7 Å². The summed E-state index contributed by atoms with van der Waals surface area (Å²) >= 11 is 0.736. The van der Waals surface area contributed by atoms with Gasteiger partial charge in [0.05, 0.1) is 11.8 Å². The SMILES string of the molecule is O=Nc1sc(=O)[nH]c1N1N=C(c2ccccc2)CC1c1ccccc1O. The van der Waals surface area contributed by atoms with Crippen molar-refractivity contribution in [2.45, 2.75) is 12.5 Å². The van der Waals surface area contributed by atoms with Crippen LogP contribution in [0.1, 0.15) is 23.6 Å². The van der Waals surface area contributed by atoms with Gasteiger partial charge in [-0.1, -0.05) is 48.5 Å². The Hall–Kier alpha value is -3.26. The molecule has 0 fully saturated rings. The fourth-order valence-corrected chi connectivity index (χ4v) is 3.66. The quantitative estimate of drug-likeness (QED) is 0.684. The van der Waals surface area contributed by atoms with Gasteiger partial charge in [-0.3, -0.25) is 9.78 Å². The number of hydrogen-bond donors (Lipinski definition) is 2. The lowest BCUT2D eigenvalue weighted by atomic mass is 9.98. The van der Waals surface area contributed by atoms with Crippen molar-refractivity contribution in [1.29, 1.82) is 0 Å². The maximum atomic E-state index is 11.7. The molecule has 0 aliphatic carbocycles. The van der Waals surface area contributed by atoms with Gasteiger partial charge < -0.3 is 5.11 Å². The second-order valence-corrected chi connectivity index (χ2v) is 6.76. The van der Waals surface area contributed by atoms with Crippen LogP contribution in [-0.2, 0) is 0 Å². The number of H-pyrrole nitrogens is 1. The summed E-state index contributed by atoms with van der Waals surface area (Å²) in [5.74, 6) is 0.374. The van der Waals surface area contributed by atoms with E-state index in [1.165, 1.54) is 0 Å². The van der Waals surface area contributed by atoms with Crippen LogP contribution in [0.4, 0.5) is 10.8 Å². The Balaban J connectivity index is 1.84. The minimum absolute atomic E-state index is 0.0356. The third-order valence-corrected chi connectivity index (χ3v) is 4.99. The molecule has 0 saturated carbocycles. The Morgan fingerprint density at radius 3 is 2.62 bits per heavy atom. The van der Waals surface area contributed by atoms with Gasteiger partial charge in [-0.25, -0.2) is 5.01 Å². The first-order valence-corrected chi connectivity index (χ1v) is 8.75. The molecule has 130 valence electrons. The number of phenols is 1. The molecule has 0 radical (unpaired) electrons. The first-order chi connectivity index (χ1) is 12.7. The lowest BCUT2D eigenvalue weighted by Gasteiger charge is -2.22. The van der Waals surface area contributed by atoms with Gasteiger partial charge in [0.25, 0.3) is 0 Å². The number of phenolic OH excluding ortho intramolecular Hbond substituents is 1. The van der Waals surface area contributed by atoms with Crippen LogP contribution in [0.5, 0.6) is 5.75 Å². The summed E-state index contributed by atoms with van der Waals surface area (Å²) in [6, 6.07) is 16.2. The van der Waals surface area contributed by atoms with Crippen LogP contribution < -0.4 is 9.88 Å². The van der Waals surface area contributed by atoms with Gasteiger partial charge in [0, 0.05) is 12.0 Å². The molecular formula is C18H14N4O3S. The molecule has 2 aromatic carbocycles. The van der Waals surface area contributed by atoms with Crippen molar-refractivity contribution in [3.05, 3.63) is 80.3 Å². The van der Waals surface area contributed by atoms with Crippen molar-refractivity contribution < 1.29 is 5.11 Å². The number of hydrogen-bond acceptors (Lipinski definition) is 7. The molecule has 1 unspecified atom stereocenters. The number of aromatic hydroxyl groups is 1. The van der Waals surface area contributed by atoms with E-state index in [1.807, 2.05) is 36.4 Å². The summed E-state index contributed by atoms with van der Waals surface area (Å²) in [5.41, 5.74) is 2.39. The molecule has 0 amide bonds.